The van der Waals surface area contributed by atoms with Crippen LogP contribution in [0.1, 0.15) is 17.3 Å². The molecule has 2 aromatic carbocycles. The SMILES string of the molecule is CCOc1cc([N+](=O)[O-])c(C(=O)N(C)CC(=O)Nc2c(Cl)cccc2Cl)cc1OC. The molecule has 0 radical (unpaired) electrons. The molecular weight excluding hydrogens is 437 g/mol. The molecule has 0 saturated heterocycles. The largest absolute Gasteiger partial charge is 0.493 e. The van der Waals surface area contributed by atoms with Crippen molar-refractivity contribution < 1.29 is 24.0 Å². The van der Waals surface area contributed by atoms with Crippen LogP contribution in [0.4, 0.5) is 11.4 Å². The number of rotatable bonds is 8. The molecule has 0 aliphatic carbocycles. The van der Waals surface area contributed by atoms with Crippen molar-refractivity contribution in [3.8, 4) is 11.5 Å². The number of para-hydroxylation sites is 1. The van der Waals surface area contributed by atoms with Crippen LogP contribution in [-0.2, 0) is 4.79 Å². The summed E-state index contributed by atoms with van der Waals surface area (Å²) in [6, 6.07) is 7.05. The van der Waals surface area contributed by atoms with Crippen LogP contribution in [0.2, 0.25) is 10.0 Å². The van der Waals surface area contributed by atoms with Crippen LogP contribution in [-0.4, -0.2) is 48.9 Å². The molecule has 0 saturated carbocycles. The summed E-state index contributed by atoms with van der Waals surface area (Å²) in [7, 11) is 2.69. The van der Waals surface area contributed by atoms with Crippen LogP contribution >= 0.6 is 23.2 Å². The van der Waals surface area contributed by atoms with Gasteiger partial charge in [-0.3, -0.25) is 19.7 Å². The monoisotopic (exact) mass is 455 g/mol. The molecule has 0 bridgehead atoms. The molecule has 0 atom stereocenters. The van der Waals surface area contributed by atoms with Crippen molar-refractivity contribution in [2.24, 2.45) is 0 Å². The van der Waals surface area contributed by atoms with E-state index in [1.807, 2.05) is 0 Å². The highest BCUT2D eigenvalue weighted by Crippen LogP contribution is 2.35. The molecule has 30 heavy (non-hydrogen) atoms. The van der Waals surface area contributed by atoms with Crippen LogP contribution in [0.25, 0.3) is 0 Å². The van der Waals surface area contributed by atoms with Gasteiger partial charge in [-0.25, -0.2) is 0 Å². The third kappa shape index (κ3) is 5.31. The maximum absolute atomic E-state index is 12.8. The number of nitrogens with zero attached hydrogens (tertiary/aromatic N) is 2. The molecule has 0 aliphatic heterocycles. The number of carbonyl (C=O) groups is 2. The number of benzene rings is 2. The first-order valence-electron chi connectivity index (χ1n) is 8.68. The molecule has 0 fully saturated rings. The molecule has 2 amide bonds. The van der Waals surface area contributed by atoms with Gasteiger partial charge < -0.3 is 19.7 Å². The van der Waals surface area contributed by atoms with E-state index in [-0.39, 0.29) is 39.4 Å². The van der Waals surface area contributed by atoms with Crippen LogP contribution in [0, 0.1) is 10.1 Å². The van der Waals surface area contributed by atoms with E-state index >= 15 is 0 Å². The molecule has 2 rings (SSSR count). The summed E-state index contributed by atoms with van der Waals surface area (Å²) in [5.74, 6) is -1.03. The first kappa shape index (κ1) is 23.2. The number of ether oxygens (including phenoxy) is 2. The van der Waals surface area contributed by atoms with Gasteiger partial charge in [-0.1, -0.05) is 29.3 Å². The van der Waals surface area contributed by atoms with E-state index in [4.69, 9.17) is 32.7 Å². The molecule has 0 heterocycles. The normalized spacial score (nSPS) is 10.3. The van der Waals surface area contributed by atoms with Crippen LogP contribution < -0.4 is 14.8 Å². The molecule has 0 unspecified atom stereocenters. The Hall–Kier alpha value is -3.04. The van der Waals surface area contributed by atoms with Crippen LogP contribution in [0.15, 0.2) is 30.3 Å². The lowest BCUT2D eigenvalue weighted by molar-refractivity contribution is -0.385. The zero-order chi connectivity index (χ0) is 22.4. The average molecular weight is 456 g/mol. The fraction of sp³-hybridized carbons (Fsp3) is 0.263. The zero-order valence-electron chi connectivity index (χ0n) is 16.4. The highest BCUT2D eigenvalue weighted by atomic mass is 35.5. The molecule has 160 valence electrons. The summed E-state index contributed by atoms with van der Waals surface area (Å²) < 4.78 is 10.5. The number of anilines is 1. The van der Waals surface area contributed by atoms with Gasteiger partial charge >= 0.3 is 0 Å². The van der Waals surface area contributed by atoms with Gasteiger partial charge in [0.2, 0.25) is 5.91 Å². The Morgan fingerprint density at radius 3 is 2.37 bits per heavy atom. The summed E-state index contributed by atoms with van der Waals surface area (Å²) in [6.07, 6.45) is 0. The number of nitro benzene ring substituents is 1. The standard InChI is InChI=1S/C19H19Cl2N3O6/c1-4-30-16-9-14(24(27)28)11(8-15(16)29-3)19(26)23(2)10-17(25)22-18-12(20)6-5-7-13(18)21/h5-9H,4,10H2,1-3H3,(H,22,25). The van der Waals surface area contributed by atoms with E-state index in [2.05, 4.69) is 5.32 Å². The number of hydrogen-bond donors (Lipinski definition) is 1. The first-order valence-corrected chi connectivity index (χ1v) is 9.43. The van der Waals surface area contributed by atoms with Crippen molar-refractivity contribution >= 4 is 46.4 Å². The highest BCUT2D eigenvalue weighted by Gasteiger charge is 2.27. The fourth-order valence-electron chi connectivity index (χ4n) is 2.59. The van der Waals surface area contributed by atoms with Crippen molar-refractivity contribution in [2.75, 3.05) is 32.6 Å². The van der Waals surface area contributed by atoms with Crippen LogP contribution in [0.5, 0.6) is 11.5 Å². The Kier molecular flexibility index (Phi) is 7.85. The molecular formula is C19H19Cl2N3O6. The van der Waals surface area contributed by atoms with Crippen LogP contribution in [0.3, 0.4) is 0 Å². The predicted molar refractivity (Wildman–Crippen MR) is 113 cm³/mol. The van der Waals surface area contributed by atoms with Gasteiger partial charge in [0.15, 0.2) is 11.5 Å². The Morgan fingerprint density at radius 1 is 1.20 bits per heavy atom. The Morgan fingerprint density at radius 2 is 1.83 bits per heavy atom. The maximum Gasteiger partial charge on any atom is 0.286 e. The molecule has 11 heteroatoms. The third-order valence-corrected chi connectivity index (χ3v) is 4.59. The zero-order valence-corrected chi connectivity index (χ0v) is 17.9. The van der Waals surface area contributed by atoms with Gasteiger partial charge in [-0.2, -0.15) is 0 Å². The van der Waals surface area contributed by atoms with Crippen molar-refractivity contribution in [1.29, 1.82) is 0 Å². The lowest BCUT2D eigenvalue weighted by atomic mass is 10.1. The van der Waals surface area contributed by atoms with Crippen molar-refractivity contribution in [3.05, 3.63) is 56.1 Å². The Labute approximate surface area is 182 Å². The van der Waals surface area contributed by atoms with Crippen molar-refractivity contribution in [2.45, 2.75) is 6.92 Å². The van der Waals surface area contributed by atoms with E-state index in [9.17, 15) is 19.7 Å². The minimum atomic E-state index is -0.747. The smallest absolute Gasteiger partial charge is 0.286 e. The minimum Gasteiger partial charge on any atom is -0.493 e. The molecule has 2 aromatic rings. The third-order valence-electron chi connectivity index (χ3n) is 3.96. The van der Waals surface area contributed by atoms with Gasteiger partial charge in [-0.15, -0.1) is 0 Å². The Balaban J connectivity index is 2.26. The van der Waals surface area contributed by atoms with Gasteiger partial charge in [0.1, 0.15) is 5.56 Å². The van der Waals surface area contributed by atoms with Gasteiger partial charge in [0.05, 0.1) is 47.0 Å². The summed E-state index contributed by atoms with van der Waals surface area (Å²) >= 11 is 12.0. The molecule has 0 aromatic heterocycles. The summed E-state index contributed by atoms with van der Waals surface area (Å²) in [6.45, 7) is 1.57. The van der Waals surface area contributed by atoms with Gasteiger partial charge in [0.25, 0.3) is 11.6 Å². The number of nitro groups is 1. The van der Waals surface area contributed by atoms with E-state index in [1.165, 1.54) is 20.2 Å². The fourth-order valence-corrected chi connectivity index (χ4v) is 3.08. The van der Waals surface area contributed by atoms with Crippen molar-refractivity contribution in [1.82, 2.24) is 4.90 Å². The molecule has 0 spiro atoms. The number of halogens is 2. The highest BCUT2D eigenvalue weighted by molar-refractivity contribution is 6.39. The summed E-state index contributed by atoms with van der Waals surface area (Å²) in [5, 5.41) is 14.5. The van der Waals surface area contributed by atoms with E-state index < -0.39 is 29.0 Å². The number of nitrogens with one attached hydrogen (secondary N) is 1. The maximum atomic E-state index is 12.8. The van der Waals surface area contributed by atoms with Crippen molar-refractivity contribution in [3.63, 3.8) is 0 Å². The topological polar surface area (TPSA) is 111 Å². The summed E-state index contributed by atoms with van der Waals surface area (Å²) in [4.78, 5) is 37.0. The number of likely N-dealkylation sites (N-methyl/N-ethyl adjacent to an activating group) is 1. The molecule has 9 nitrogen and oxygen atoms in total. The van der Waals surface area contributed by atoms with E-state index in [0.29, 0.717) is 0 Å². The molecule has 0 aliphatic rings. The summed E-state index contributed by atoms with van der Waals surface area (Å²) in [5.41, 5.74) is -0.502. The van der Waals surface area contributed by atoms with Gasteiger partial charge in [0, 0.05) is 13.1 Å². The number of amides is 2. The lowest BCUT2D eigenvalue weighted by Gasteiger charge is -2.18. The average Bonchev–Trinajstić information content (AvgIpc) is 2.70. The number of hydrogen-bond acceptors (Lipinski definition) is 6. The number of carbonyl (C=O) groups excluding carboxylic acids is 2. The van der Waals surface area contributed by atoms with E-state index in [1.54, 1.807) is 25.1 Å². The second-order valence-electron chi connectivity index (χ2n) is 6.02. The second kappa shape index (κ2) is 10.1. The Bertz CT molecular complexity index is 963. The lowest BCUT2D eigenvalue weighted by Crippen LogP contribution is -2.35. The quantitative estimate of drug-likeness (QED) is 0.475. The molecule has 1 N–H and O–H groups in total. The van der Waals surface area contributed by atoms with E-state index in [0.717, 1.165) is 11.0 Å². The predicted octanol–water partition coefficient (Wildman–Crippen LogP) is 4.02. The second-order valence-corrected chi connectivity index (χ2v) is 6.83. The first-order chi connectivity index (χ1) is 14.2. The number of methoxy groups -OCH3 is 1. The minimum absolute atomic E-state index is 0.136. The van der Waals surface area contributed by atoms with Gasteiger partial charge in [-0.05, 0) is 19.1 Å².